The van der Waals surface area contributed by atoms with Crippen molar-refractivity contribution < 1.29 is 14.3 Å². The van der Waals surface area contributed by atoms with Crippen LogP contribution in [0.2, 0.25) is 5.02 Å². The third-order valence-corrected chi connectivity index (χ3v) is 6.78. The molecule has 3 aromatic carbocycles. The Hall–Kier alpha value is -4.29. The maximum Gasteiger partial charge on any atom is 0.224 e. The standard InChI is InChI=1S/C31H28ClN3O3/c1-20-18-23(32)7-14-27(20)22-6-16-29-34-31(21-4-10-25(37-2)11-5-21)28(35(29)19-22)15-17-30(36)33-24-8-12-26(38-3)13-9-24/h4-14,16,18-19H,15,17H2,1-3H3,(H,33,36). The summed E-state index contributed by atoms with van der Waals surface area (Å²) in [4.78, 5) is 17.8. The lowest BCUT2D eigenvalue weighted by molar-refractivity contribution is -0.116. The monoisotopic (exact) mass is 525 g/mol. The van der Waals surface area contributed by atoms with Crippen LogP contribution in [0.5, 0.6) is 11.5 Å². The van der Waals surface area contributed by atoms with Gasteiger partial charge in [-0.3, -0.25) is 4.79 Å². The van der Waals surface area contributed by atoms with Gasteiger partial charge in [0.2, 0.25) is 5.91 Å². The molecule has 0 saturated carbocycles. The molecule has 0 spiro atoms. The first kappa shape index (κ1) is 25.4. The fourth-order valence-electron chi connectivity index (χ4n) is 4.55. The Morgan fingerprint density at radius 3 is 2.21 bits per heavy atom. The smallest absolute Gasteiger partial charge is 0.224 e. The van der Waals surface area contributed by atoms with Gasteiger partial charge in [0.05, 0.1) is 25.6 Å². The number of carbonyl (C=O) groups excluding carboxylic acids is 1. The van der Waals surface area contributed by atoms with Gasteiger partial charge in [-0.05, 0) is 103 Å². The third-order valence-electron chi connectivity index (χ3n) is 6.54. The highest BCUT2D eigenvalue weighted by atomic mass is 35.5. The van der Waals surface area contributed by atoms with E-state index in [4.69, 9.17) is 26.1 Å². The summed E-state index contributed by atoms with van der Waals surface area (Å²) >= 11 is 6.19. The van der Waals surface area contributed by atoms with Crippen LogP contribution >= 0.6 is 11.6 Å². The summed E-state index contributed by atoms with van der Waals surface area (Å²) in [7, 11) is 3.26. The van der Waals surface area contributed by atoms with Gasteiger partial charge in [0.1, 0.15) is 17.1 Å². The first-order valence-corrected chi connectivity index (χ1v) is 12.7. The van der Waals surface area contributed by atoms with Crippen molar-refractivity contribution in [2.24, 2.45) is 0 Å². The van der Waals surface area contributed by atoms with Crippen molar-refractivity contribution in [3.8, 4) is 33.9 Å². The third kappa shape index (κ3) is 5.36. The maximum atomic E-state index is 12.9. The van der Waals surface area contributed by atoms with Crippen LogP contribution in [0, 0.1) is 6.92 Å². The van der Waals surface area contributed by atoms with Crippen molar-refractivity contribution in [3.63, 3.8) is 0 Å². The van der Waals surface area contributed by atoms with Crippen LogP contribution in [-0.4, -0.2) is 29.5 Å². The van der Waals surface area contributed by atoms with E-state index in [0.717, 1.165) is 56.5 Å². The predicted molar refractivity (Wildman–Crippen MR) is 152 cm³/mol. The van der Waals surface area contributed by atoms with E-state index in [-0.39, 0.29) is 5.91 Å². The van der Waals surface area contributed by atoms with E-state index in [9.17, 15) is 4.79 Å². The Balaban J connectivity index is 1.50. The van der Waals surface area contributed by atoms with E-state index in [1.165, 1.54) is 0 Å². The predicted octanol–water partition coefficient (Wildman–Crippen LogP) is 7.22. The molecular formula is C31H28ClN3O3. The molecule has 0 fully saturated rings. The van der Waals surface area contributed by atoms with Crippen LogP contribution in [0.4, 0.5) is 5.69 Å². The lowest BCUT2D eigenvalue weighted by Crippen LogP contribution is -2.13. The summed E-state index contributed by atoms with van der Waals surface area (Å²) in [5, 5.41) is 3.68. The van der Waals surface area contributed by atoms with Gasteiger partial charge < -0.3 is 19.2 Å². The number of ether oxygens (including phenoxy) is 2. The lowest BCUT2D eigenvalue weighted by atomic mass is 10.0. The number of hydrogen-bond donors (Lipinski definition) is 1. The zero-order chi connectivity index (χ0) is 26.6. The molecule has 5 rings (SSSR count). The Labute approximate surface area is 226 Å². The molecule has 0 saturated heterocycles. The fourth-order valence-corrected chi connectivity index (χ4v) is 4.78. The molecule has 38 heavy (non-hydrogen) atoms. The summed E-state index contributed by atoms with van der Waals surface area (Å²) in [6.45, 7) is 2.05. The number of methoxy groups -OCH3 is 2. The van der Waals surface area contributed by atoms with E-state index >= 15 is 0 Å². The zero-order valence-electron chi connectivity index (χ0n) is 21.5. The summed E-state index contributed by atoms with van der Waals surface area (Å²) in [6, 6.07) is 25.1. The molecule has 6 nitrogen and oxygen atoms in total. The molecule has 1 amide bonds. The zero-order valence-corrected chi connectivity index (χ0v) is 22.3. The lowest BCUT2D eigenvalue weighted by Gasteiger charge is -2.10. The molecule has 0 bridgehead atoms. The molecule has 0 aliphatic carbocycles. The van der Waals surface area contributed by atoms with E-state index in [1.54, 1.807) is 14.2 Å². The van der Waals surface area contributed by atoms with E-state index in [0.29, 0.717) is 17.9 Å². The molecule has 0 aliphatic heterocycles. The molecule has 7 heteroatoms. The average Bonchev–Trinajstić information content (AvgIpc) is 3.30. The van der Waals surface area contributed by atoms with Crippen molar-refractivity contribution in [2.75, 3.05) is 19.5 Å². The molecule has 0 radical (unpaired) electrons. The van der Waals surface area contributed by atoms with Crippen LogP contribution < -0.4 is 14.8 Å². The fraction of sp³-hybridized carbons (Fsp3) is 0.161. The summed E-state index contributed by atoms with van der Waals surface area (Å²) in [6.07, 6.45) is 2.89. The summed E-state index contributed by atoms with van der Waals surface area (Å²) in [5.41, 5.74) is 7.55. The number of carbonyl (C=O) groups is 1. The largest absolute Gasteiger partial charge is 0.497 e. The number of rotatable bonds is 8. The molecular weight excluding hydrogens is 498 g/mol. The number of aromatic nitrogens is 2. The normalized spacial score (nSPS) is 10.9. The molecule has 2 aromatic heterocycles. The highest BCUT2D eigenvalue weighted by Crippen LogP contribution is 2.31. The van der Waals surface area contributed by atoms with Crippen molar-refractivity contribution in [2.45, 2.75) is 19.8 Å². The molecule has 0 unspecified atom stereocenters. The number of nitrogens with zero attached hydrogens (tertiary/aromatic N) is 2. The molecule has 2 heterocycles. The second-order valence-corrected chi connectivity index (χ2v) is 9.45. The first-order valence-electron chi connectivity index (χ1n) is 12.3. The number of amides is 1. The molecule has 0 atom stereocenters. The summed E-state index contributed by atoms with van der Waals surface area (Å²) < 4.78 is 12.6. The Morgan fingerprint density at radius 1 is 0.895 bits per heavy atom. The topological polar surface area (TPSA) is 64.9 Å². The van der Waals surface area contributed by atoms with Crippen molar-refractivity contribution in [1.82, 2.24) is 9.38 Å². The first-order chi connectivity index (χ1) is 18.4. The van der Waals surface area contributed by atoms with E-state index in [1.807, 2.05) is 79.7 Å². The van der Waals surface area contributed by atoms with Gasteiger partial charge >= 0.3 is 0 Å². The van der Waals surface area contributed by atoms with Gasteiger partial charge in [0.25, 0.3) is 0 Å². The number of hydrogen-bond acceptors (Lipinski definition) is 4. The molecule has 0 aliphatic rings. The SMILES string of the molecule is COc1ccc(NC(=O)CCc2c(-c3ccc(OC)cc3)nc3ccc(-c4ccc(Cl)cc4C)cn23)cc1. The van der Waals surface area contributed by atoms with Gasteiger partial charge in [-0.25, -0.2) is 4.98 Å². The number of nitrogens with one attached hydrogen (secondary N) is 1. The van der Waals surface area contributed by atoms with Crippen molar-refractivity contribution in [1.29, 1.82) is 0 Å². The van der Waals surface area contributed by atoms with E-state index in [2.05, 4.69) is 22.0 Å². The number of imidazole rings is 1. The van der Waals surface area contributed by atoms with E-state index < -0.39 is 0 Å². The maximum absolute atomic E-state index is 12.9. The highest BCUT2D eigenvalue weighted by molar-refractivity contribution is 6.30. The van der Waals surface area contributed by atoms with Crippen molar-refractivity contribution in [3.05, 3.63) is 101 Å². The average molecular weight is 526 g/mol. The minimum absolute atomic E-state index is 0.0736. The molecule has 192 valence electrons. The Kier molecular flexibility index (Phi) is 7.33. The highest BCUT2D eigenvalue weighted by Gasteiger charge is 2.17. The summed E-state index contributed by atoms with van der Waals surface area (Å²) in [5.74, 6) is 1.44. The quantitative estimate of drug-likeness (QED) is 0.232. The van der Waals surface area contributed by atoms with Crippen LogP contribution in [0.15, 0.2) is 85.1 Å². The number of fused-ring (bicyclic) bond motifs is 1. The number of aryl methyl sites for hydroxylation is 2. The van der Waals surface area contributed by atoms with Crippen molar-refractivity contribution >= 4 is 28.8 Å². The van der Waals surface area contributed by atoms with Crippen LogP contribution in [-0.2, 0) is 11.2 Å². The molecule has 5 aromatic rings. The Morgan fingerprint density at radius 2 is 1.55 bits per heavy atom. The van der Waals surface area contributed by atoms with Gasteiger partial charge in [-0.15, -0.1) is 0 Å². The Bertz CT molecular complexity index is 1590. The second-order valence-electron chi connectivity index (χ2n) is 9.02. The van der Waals surface area contributed by atoms with Gasteiger partial charge in [0, 0.05) is 28.9 Å². The minimum atomic E-state index is -0.0736. The van der Waals surface area contributed by atoms with Gasteiger partial charge in [0.15, 0.2) is 0 Å². The van der Waals surface area contributed by atoms with Gasteiger partial charge in [-0.1, -0.05) is 17.7 Å². The molecule has 1 N–H and O–H groups in total. The van der Waals surface area contributed by atoms with Crippen LogP contribution in [0.25, 0.3) is 28.0 Å². The van der Waals surface area contributed by atoms with Crippen LogP contribution in [0.3, 0.4) is 0 Å². The number of anilines is 1. The number of halogens is 1. The van der Waals surface area contributed by atoms with Gasteiger partial charge in [-0.2, -0.15) is 0 Å². The number of pyridine rings is 1. The number of benzene rings is 3. The van der Waals surface area contributed by atoms with Crippen LogP contribution in [0.1, 0.15) is 17.7 Å². The second kappa shape index (κ2) is 11.0. The minimum Gasteiger partial charge on any atom is -0.497 e.